The maximum absolute atomic E-state index is 5.99. The van der Waals surface area contributed by atoms with E-state index in [1.165, 1.54) is 5.57 Å². The van der Waals surface area contributed by atoms with E-state index in [9.17, 15) is 0 Å². The highest BCUT2D eigenvalue weighted by atomic mass is 14.7. The van der Waals surface area contributed by atoms with E-state index >= 15 is 0 Å². The predicted molar refractivity (Wildman–Crippen MR) is 60.1 cm³/mol. The molecular formula is C11H22N2. The van der Waals surface area contributed by atoms with Gasteiger partial charge in [-0.3, -0.25) is 4.99 Å². The predicted octanol–water partition coefficient (Wildman–Crippen LogP) is 2.89. The van der Waals surface area contributed by atoms with Crippen LogP contribution in [0.1, 0.15) is 46.5 Å². The summed E-state index contributed by atoms with van der Waals surface area (Å²) in [6, 6.07) is 0. The smallest absolute Gasteiger partial charge is 0.0362 e. The third-order valence-corrected chi connectivity index (χ3v) is 2.18. The number of allylic oxidation sites excluding steroid dienone is 2. The van der Waals surface area contributed by atoms with Gasteiger partial charge in [-0.25, -0.2) is 0 Å². The first kappa shape index (κ1) is 12.2. The van der Waals surface area contributed by atoms with Gasteiger partial charge in [-0.15, -0.1) is 0 Å². The molecule has 2 nitrogen and oxygen atoms in total. The molecule has 0 amide bonds. The molecule has 0 rings (SSSR count). The molecule has 0 aromatic rings. The van der Waals surface area contributed by atoms with Crippen LogP contribution in [0.25, 0.3) is 0 Å². The molecule has 0 saturated heterocycles. The minimum Gasteiger partial charge on any atom is -0.402 e. The lowest BCUT2D eigenvalue weighted by molar-refractivity contribution is 0.848. The van der Waals surface area contributed by atoms with E-state index < -0.39 is 0 Å². The molecule has 2 N–H and O–H groups in total. The highest BCUT2D eigenvalue weighted by Gasteiger charge is 2.04. The van der Waals surface area contributed by atoms with Crippen LogP contribution in [0.5, 0.6) is 0 Å². The van der Waals surface area contributed by atoms with Crippen molar-refractivity contribution in [2.45, 2.75) is 46.5 Å². The van der Waals surface area contributed by atoms with Crippen molar-refractivity contribution in [3.05, 3.63) is 11.3 Å². The Morgan fingerprint density at radius 2 is 1.69 bits per heavy atom. The number of hydrogen-bond acceptors (Lipinski definition) is 2. The molecule has 0 spiro atoms. The Balaban J connectivity index is 4.65. The molecule has 13 heavy (non-hydrogen) atoms. The molecule has 2 heteroatoms. The molecule has 0 heterocycles. The summed E-state index contributed by atoms with van der Waals surface area (Å²) in [5.74, 6) is 0. The average molecular weight is 182 g/mol. The lowest BCUT2D eigenvalue weighted by atomic mass is 10.0. The Bertz CT molecular complexity index is 202. The van der Waals surface area contributed by atoms with E-state index in [0.29, 0.717) is 0 Å². The van der Waals surface area contributed by atoms with Crippen molar-refractivity contribution in [2.75, 3.05) is 7.05 Å². The molecule has 0 aliphatic rings. The molecule has 0 fully saturated rings. The second-order valence-corrected chi connectivity index (χ2v) is 3.31. The number of hydrogen-bond donors (Lipinski definition) is 1. The van der Waals surface area contributed by atoms with Gasteiger partial charge in [0.1, 0.15) is 0 Å². The van der Waals surface area contributed by atoms with Crippen molar-refractivity contribution in [1.29, 1.82) is 0 Å². The summed E-state index contributed by atoms with van der Waals surface area (Å²) in [5, 5.41) is 0. The average Bonchev–Trinajstić information content (AvgIpc) is 2.13. The summed E-state index contributed by atoms with van der Waals surface area (Å²) in [6.45, 7) is 6.35. The van der Waals surface area contributed by atoms with Gasteiger partial charge < -0.3 is 5.73 Å². The van der Waals surface area contributed by atoms with Crippen LogP contribution in [0, 0.1) is 0 Å². The second kappa shape index (κ2) is 6.70. The molecule has 0 aliphatic carbocycles. The highest BCUT2D eigenvalue weighted by Crippen LogP contribution is 2.13. The van der Waals surface area contributed by atoms with Crippen molar-refractivity contribution >= 4 is 5.71 Å². The third kappa shape index (κ3) is 4.11. The van der Waals surface area contributed by atoms with E-state index in [1.54, 1.807) is 0 Å². The van der Waals surface area contributed by atoms with Crippen LogP contribution in [-0.4, -0.2) is 12.8 Å². The van der Waals surface area contributed by atoms with Gasteiger partial charge in [-0.1, -0.05) is 26.7 Å². The van der Waals surface area contributed by atoms with Gasteiger partial charge in [0.15, 0.2) is 0 Å². The molecule has 0 saturated carbocycles. The Morgan fingerprint density at radius 3 is 2.08 bits per heavy atom. The quantitative estimate of drug-likeness (QED) is 0.652. The Kier molecular flexibility index (Phi) is 6.29. The van der Waals surface area contributed by atoms with Gasteiger partial charge in [0.25, 0.3) is 0 Å². The summed E-state index contributed by atoms with van der Waals surface area (Å²) in [4.78, 5) is 4.19. The normalized spacial score (nSPS) is 14.3. The molecular weight excluding hydrogens is 160 g/mol. The van der Waals surface area contributed by atoms with Crippen LogP contribution < -0.4 is 5.73 Å². The van der Waals surface area contributed by atoms with Gasteiger partial charge in [0.05, 0.1) is 0 Å². The Morgan fingerprint density at radius 1 is 1.15 bits per heavy atom. The molecule has 0 radical (unpaired) electrons. The Labute approximate surface area is 81.9 Å². The highest BCUT2D eigenvalue weighted by molar-refractivity contribution is 5.98. The van der Waals surface area contributed by atoms with Crippen LogP contribution in [0.15, 0.2) is 16.3 Å². The zero-order chi connectivity index (χ0) is 10.3. The number of rotatable bonds is 5. The largest absolute Gasteiger partial charge is 0.402 e. The first-order valence-corrected chi connectivity index (χ1v) is 5.08. The van der Waals surface area contributed by atoms with Crippen molar-refractivity contribution in [3.63, 3.8) is 0 Å². The fourth-order valence-corrected chi connectivity index (χ4v) is 1.38. The van der Waals surface area contributed by atoms with Crippen LogP contribution in [0.4, 0.5) is 0 Å². The molecule has 0 aliphatic heterocycles. The summed E-state index contributed by atoms with van der Waals surface area (Å²) in [5.41, 5.74) is 9.36. The van der Waals surface area contributed by atoms with Crippen molar-refractivity contribution in [2.24, 2.45) is 10.7 Å². The van der Waals surface area contributed by atoms with E-state index in [2.05, 4.69) is 18.8 Å². The monoisotopic (exact) mass is 182 g/mol. The number of aliphatic imine (C=N–C) groups is 1. The lowest BCUT2D eigenvalue weighted by Gasteiger charge is -2.10. The molecule has 0 bridgehead atoms. The van der Waals surface area contributed by atoms with Gasteiger partial charge in [0.2, 0.25) is 0 Å². The van der Waals surface area contributed by atoms with Crippen LogP contribution in [-0.2, 0) is 0 Å². The van der Waals surface area contributed by atoms with Crippen molar-refractivity contribution < 1.29 is 0 Å². The standard InChI is InChI=1S/C11H22N2/c1-5-7-10(9(3)13-4)11(12)8-6-2/h5-8,12H2,1-4H3/b11-10-,13-9?. The molecule has 0 aromatic heterocycles. The number of nitrogens with two attached hydrogens (primary N) is 1. The van der Waals surface area contributed by atoms with E-state index in [1.807, 2.05) is 14.0 Å². The second-order valence-electron chi connectivity index (χ2n) is 3.31. The fraction of sp³-hybridized carbons (Fsp3) is 0.727. The maximum atomic E-state index is 5.99. The van der Waals surface area contributed by atoms with Gasteiger partial charge >= 0.3 is 0 Å². The van der Waals surface area contributed by atoms with Gasteiger partial charge in [-0.05, 0) is 25.3 Å². The first-order valence-electron chi connectivity index (χ1n) is 5.08. The van der Waals surface area contributed by atoms with E-state index in [4.69, 9.17) is 5.73 Å². The topological polar surface area (TPSA) is 38.4 Å². The molecule has 0 aromatic carbocycles. The van der Waals surface area contributed by atoms with Crippen molar-refractivity contribution in [3.8, 4) is 0 Å². The van der Waals surface area contributed by atoms with Gasteiger partial charge in [-0.2, -0.15) is 0 Å². The summed E-state index contributed by atoms with van der Waals surface area (Å²) >= 11 is 0. The van der Waals surface area contributed by atoms with E-state index in [0.717, 1.165) is 37.1 Å². The SMILES string of the molecule is CCC/C(N)=C(\CCC)C(C)=NC. The fourth-order valence-electron chi connectivity index (χ4n) is 1.38. The first-order chi connectivity index (χ1) is 6.17. The minimum absolute atomic E-state index is 0.988. The number of nitrogens with zero attached hydrogens (tertiary/aromatic N) is 1. The molecule has 0 atom stereocenters. The summed E-state index contributed by atoms with van der Waals surface area (Å²) < 4.78 is 0. The third-order valence-electron chi connectivity index (χ3n) is 2.18. The minimum atomic E-state index is 0.988. The van der Waals surface area contributed by atoms with E-state index in [-0.39, 0.29) is 0 Å². The van der Waals surface area contributed by atoms with Crippen LogP contribution in [0.3, 0.4) is 0 Å². The molecule has 76 valence electrons. The summed E-state index contributed by atoms with van der Waals surface area (Å²) in [7, 11) is 1.82. The zero-order valence-electron chi connectivity index (χ0n) is 9.35. The van der Waals surface area contributed by atoms with Crippen LogP contribution in [0.2, 0.25) is 0 Å². The molecule has 0 unspecified atom stereocenters. The lowest BCUT2D eigenvalue weighted by Crippen LogP contribution is -2.08. The van der Waals surface area contributed by atoms with Crippen molar-refractivity contribution in [1.82, 2.24) is 0 Å². The summed E-state index contributed by atoms with van der Waals surface area (Å²) in [6.07, 6.45) is 4.28. The van der Waals surface area contributed by atoms with Crippen LogP contribution >= 0.6 is 0 Å². The Hall–Kier alpha value is -0.790. The maximum Gasteiger partial charge on any atom is 0.0362 e. The zero-order valence-corrected chi connectivity index (χ0v) is 9.35. The van der Waals surface area contributed by atoms with Gasteiger partial charge in [0, 0.05) is 18.5 Å².